The van der Waals surface area contributed by atoms with Crippen LogP contribution < -0.4 is 5.73 Å². The first-order chi connectivity index (χ1) is 7.69. The van der Waals surface area contributed by atoms with E-state index in [2.05, 4.69) is 20.6 Å². The summed E-state index contributed by atoms with van der Waals surface area (Å²) < 4.78 is 3.29. The van der Waals surface area contributed by atoms with E-state index in [1.807, 2.05) is 13.8 Å². The van der Waals surface area contributed by atoms with Gasteiger partial charge in [0.1, 0.15) is 0 Å². The van der Waals surface area contributed by atoms with Gasteiger partial charge in [0.05, 0.1) is 17.1 Å². The molecule has 0 amide bonds. The Hall–Kier alpha value is -1.92. The summed E-state index contributed by atoms with van der Waals surface area (Å²) in [5, 5.41) is 15.7. The average molecular weight is 221 g/mol. The van der Waals surface area contributed by atoms with Gasteiger partial charge in [-0.2, -0.15) is 9.78 Å². The SMILES string of the molecule is CCc1nn(-c2nnnn2C)c(CC)c1N. The van der Waals surface area contributed by atoms with E-state index < -0.39 is 0 Å². The molecule has 2 N–H and O–H groups in total. The number of rotatable bonds is 3. The molecule has 0 aliphatic carbocycles. The zero-order valence-corrected chi connectivity index (χ0v) is 9.67. The minimum Gasteiger partial charge on any atom is -0.396 e. The number of nitrogens with zero attached hydrogens (tertiary/aromatic N) is 6. The molecule has 0 radical (unpaired) electrons. The second-order valence-corrected chi connectivity index (χ2v) is 3.53. The third-order valence-corrected chi connectivity index (χ3v) is 2.56. The zero-order chi connectivity index (χ0) is 11.7. The fourth-order valence-electron chi connectivity index (χ4n) is 1.69. The van der Waals surface area contributed by atoms with Gasteiger partial charge >= 0.3 is 0 Å². The Morgan fingerprint density at radius 3 is 2.50 bits per heavy atom. The Bertz CT molecular complexity index is 496. The smallest absolute Gasteiger partial charge is 0.270 e. The largest absolute Gasteiger partial charge is 0.396 e. The lowest BCUT2D eigenvalue weighted by Crippen LogP contribution is -2.09. The lowest BCUT2D eigenvalue weighted by molar-refractivity contribution is 0.655. The van der Waals surface area contributed by atoms with Crippen molar-refractivity contribution in [2.45, 2.75) is 26.7 Å². The fraction of sp³-hybridized carbons (Fsp3) is 0.556. The highest BCUT2D eigenvalue weighted by molar-refractivity contribution is 5.50. The van der Waals surface area contributed by atoms with Crippen molar-refractivity contribution >= 4 is 5.69 Å². The molecule has 7 nitrogen and oxygen atoms in total. The Morgan fingerprint density at radius 1 is 1.25 bits per heavy atom. The van der Waals surface area contributed by atoms with Crippen LogP contribution in [0.5, 0.6) is 0 Å². The molecule has 2 aromatic heterocycles. The molecule has 0 aliphatic rings. The molecule has 0 unspecified atom stereocenters. The number of aryl methyl sites for hydroxylation is 2. The topological polar surface area (TPSA) is 87.4 Å². The number of hydrogen-bond donors (Lipinski definition) is 1. The van der Waals surface area contributed by atoms with E-state index in [0.717, 1.165) is 29.9 Å². The Kier molecular flexibility index (Phi) is 2.59. The molecule has 0 fully saturated rings. The van der Waals surface area contributed by atoms with E-state index in [0.29, 0.717) is 5.95 Å². The summed E-state index contributed by atoms with van der Waals surface area (Å²) in [6.45, 7) is 4.06. The van der Waals surface area contributed by atoms with Gasteiger partial charge in [-0.15, -0.1) is 0 Å². The van der Waals surface area contributed by atoms with Gasteiger partial charge in [-0.05, 0) is 23.3 Å². The lowest BCUT2D eigenvalue weighted by Gasteiger charge is -2.02. The monoisotopic (exact) mass is 221 g/mol. The summed E-state index contributed by atoms with van der Waals surface area (Å²) in [4.78, 5) is 0. The highest BCUT2D eigenvalue weighted by Crippen LogP contribution is 2.20. The molecule has 0 saturated carbocycles. The normalized spacial score (nSPS) is 10.9. The number of nitrogens with two attached hydrogens (primary N) is 1. The first kappa shape index (κ1) is 10.6. The van der Waals surface area contributed by atoms with Crippen molar-refractivity contribution in [2.24, 2.45) is 7.05 Å². The number of tetrazole rings is 1. The van der Waals surface area contributed by atoms with E-state index in [4.69, 9.17) is 5.73 Å². The second-order valence-electron chi connectivity index (χ2n) is 3.53. The highest BCUT2D eigenvalue weighted by atomic mass is 15.6. The van der Waals surface area contributed by atoms with Gasteiger partial charge in [-0.25, -0.2) is 4.68 Å². The molecular weight excluding hydrogens is 206 g/mol. The molecule has 2 aromatic rings. The van der Waals surface area contributed by atoms with E-state index in [1.54, 1.807) is 16.4 Å². The minimum atomic E-state index is 0.586. The van der Waals surface area contributed by atoms with Crippen LogP contribution in [0.15, 0.2) is 0 Å². The molecule has 2 heterocycles. The van der Waals surface area contributed by atoms with Crippen LogP contribution in [-0.2, 0) is 19.9 Å². The van der Waals surface area contributed by atoms with Crippen LogP contribution >= 0.6 is 0 Å². The fourth-order valence-corrected chi connectivity index (χ4v) is 1.69. The van der Waals surface area contributed by atoms with Crippen molar-refractivity contribution in [3.8, 4) is 5.95 Å². The first-order valence-corrected chi connectivity index (χ1v) is 5.28. The van der Waals surface area contributed by atoms with Crippen molar-refractivity contribution in [2.75, 3.05) is 5.73 Å². The molecule has 16 heavy (non-hydrogen) atoms. The number of nitrogen functional groups attached to an aromatic ring is 1. The maximum Gasteiger partial charge on any atom is 0.270 e. The van der Waals surface area contributed by atoms with Gasteiger partial charge in [0, 0.05) is 7.05 Å². The van der Waals surface area contributed by atoms with E-state index in [-0.39, 0.29) is 0 Å². The Balaban J connectivity index is 2.61. The van der Waals surface area contributed by atoms with E-state index in [1.165, 1.54) is 0 Å². The summed E-state index contributed by atoms with van der Waals surface area (Å²) in [7, 11) is 1.78. The third-order valence-electron chi connectivity index (χ3n) is 2.56. The molecule has 86 valence electrons. The maximum atomic E-state index is 6.02. The summed E-state index contributed by atoms with van der Waals surface area (Å²) in [6.07, 6.45) is 1.60. The standard InChI is InChI=1S/C9H15N7/c1-4-6-8(10)7(5-2)16(12-6)9-11-13-14-15(9)3/h4-5,10H2,1-3H3. The summed E-state index contributed by atoms with van der Waals surface area (Å²) in [5.74, 6) is 0.586. The predicted molar refractivity (Wildman–Crippen MR) is 59.1 cm³/mol. The molecule has 0 aromatic carbocycles. The van der Waals surface area contributed by atoms with Gasteiger partial charge in [0.2, 0.25) is 0 Å². The van der Waals surface area contributed by atoms with E-state index >= 15 is 0 Å². The third kappa shape index (κ3) is 1.44. The van der Waals surface area contributed by atoms with Crippen molar-refractivity contribution in [1.29, 1.82) is 0 Å². The van der Waals surface area contributed by atoms with Crippen molar-refractivity contribution < 1.29 is 0 Å². The Labute approximate surface area is 93.2 Å². The van der Waals surface area contributed by atoms with Gasteiger partial charge in [-0.3, -0.25) is 0 Å². The lowest BCUT2D eigenvalue weighted by atomic mass is 10.2. The van der Waals surface area contributed by atoms with Crippen molar-refractivity contribution in [3.63, 3.8) is 0 Å². The number of hydrogen-bond acceptors (Lipinski definition) is 5. The molecule has 0 bridgehead atoms. The van der Waals surface area contributed by atoms with Gasteiger partial charge in [-0.1, -0.05) is 18.9 Å². The van der Waals surface area contributed by atoms with E-state index in [9.17, 15) is 0 Å². The van der Waals surface area contributed by atoms with Crippen LogP contribution in [0.3, 0.4) is 0 Å². The van der Waals surface area contributed by atoms with Crippen LogP contribution in [0.4, 0.5) is 5.69 Å². The molecule has 0 aliphatic heterocycles. The maximum absolute atomic E-state index is 6.02. The van der Waals surface area contributed by atoms with Gasteiger partial charge < -0.3 is 5.73 Å². The second kappa shape index (κ2) is 3.92. The number of anilines is 1. The van der Waals surface area contributed by atoms with Gasteiger partial charge in [0.15, 0.2) is 0 Å². The van der Waals surface area contributed by atoms with Crippen LogP contribution in [0, 0.1) is 0 Å². The molecule has 7 heteroatoms. The zero-order valence-electron chi connectivity index (χ0n) is 9.67. The highest BCUT2D eigenvalue weighted by Gasteiger charge is 2.17. The van der Waals surface area contributed by atoms with Crippen LogP contribution in [0.1, 0.15) is 25.2 Å². The summed E-state index contributed by atoms with van der Waals surface area (Å²) >= 11 is 0. The summed E-state index contributed by atoms with van der Waals surface area (Å²) in [6, 6.07) is 0. The van der Waals surface area contributed by atoms with Gasteiger partial charge in [0.25, 0.3) is 5.95 Å². The quantitative estimate of drug-likeness (QED) is 0.794. The Morgan fingerprint density at radius 2 is 2.00 bits per heavy atom. The van der Waals surface area contributed by atoms with Crippen LogP contribution in [0.2, 0.25) is 0 Å². The van der Waals surface area contributed by atoms with Crippen LogP contribution in [-0.4, -0.2) is 30.0 Å². The van der Waals surface area contributed by atoms with Crippen molar-refractivity contribution in [3.05, 3.63) is 11.4 Å². The predicted octanol–water partition coefficient (Wildman–Crippen LogP) is 0.103. The minimum absolute atomic E-state index is 0.586. The molecular formula is C9H15N7. The van der Waals surface area contributed by atoms with Crippen molar-refractivity contribution in [1.82, 2.24) is 30.0 Å². The molecule has 2 rings (SSSR count). The molecule has 0 atom stereocenters. The molecule has 0 spiro atoms. The summed E-state index contributed by atoms with van der Waals surface area (Å²) in [5.41, 5.74) is 8.61. The average Bonchev–Trinajstić information content (AvgIpc) is 2.82. The number of aromatic nitrogens is 6. The molecule has 0 saturated heterocycles. The van der Waals surface area contributed by atoms with Crippen LogP contribution in [0.25, 0.3) is 5.95 Å². The first-order valence-electron chi connectivity index (χ1n) is 5.28.